The summed E-state index contributed by atoms with van der Waals surface area (Å²) in [4.78, 5) is 15.6. The Morgan fingerprint density at radius 2 is 2.00 bits per heavy atom. The first kappa shape index (κ1) is 10.8. The minimum absolute atomic E-state index is 0.228. The molecule has 82 valence electrons. The number of benzene rings is 1. The van der Waals surface area contributed by atoms with Crippen LogP contribution in [0.4, 0.5) is 5.69 Å². The summed E-state index contributed by atoms with van der Waals surface area (Å²) < 4.78 is 0. The Hall–Kier alpha value is -2.67. The summed E-state index contributed by atoms with van der Waals surface area (Å²) in [6.45, 7) is 0. The van der Waals surface area contributed by atoms with E-state index in [0.29, 0.717) is 11.3 Å². The van der Waals surface area contributed by atoms with E-state index in [1.165, 1.54) is 12.3 Å². The number of aromatic nitrogens is 1. The second kappa shape index (κ2) is 4.90. The first-order chi connectivity index (χ1) is 8.29. The van der Waals surface area contributed by atoms with Gasteiger partial charge in [-0.2, -0.15) is 5.26 Å². The highest BCUT2D eigenvalue weighted by Gasteiger charge is 2.06. The van der Waals surface area contributed by atoms with Crippen molar-refractivity contribution in [2.24, 2.45) is 0 Å². The van der Waals surface area contributed by atoms with Crippen molar-refractivity contribution >= 4 is 11.6 Å². The van der Waals surface area contributed by atoms with Crippen LogP contribution >= 0.6 is 0 Å². The third kappa shape index (κ3) is 2.67. The molecule has 4 nitrogen and oxygen atoms in total. The largest absolute Gasteiger partial charge is 0.322 e. The molecule has 1 N–H and O–H groups in total. The third-order valence-corrected chi connectivity index (χ3v) is 2.17. The van der Waals surface area contributed by atoms with Gasteiger partial charge in [-0.15, -0.1) is 0 Å². The highest BCUT2D eigenvalue weighted by atomic mass is 16.1. The van der Waals surface area contributed by atoms with Crippen molar-refractivity contribution in [2.45, 2.75) is 0 Å². The zero-order chi connectivity index (χ0) is 12.1. The maximum atomic E-state index is 11.8. The number of amides is 1. The molecule has 0 aliphatic heterocycles. The van der Waals surface area contributed by atoms with Gasteiger partial charge in [0.05, 0.1) is 0 Å². The minimum Gasteiger partial charge on any atom is -0.322 e. The number of nitrogens with one attached hydrogen (secondary N) is 1. The molecule has 1 aromatic carbocycles. The molecule has 1 aromatic heterocycles. The zero-order valence-corrected chi connectivity index (χ0v) is 8.92. The van der Waals surface area contributed by atoms with E-state index < -0.39 is 0 Å². The number of pyridine rings is 1. The van der Waals surface area contributed by atoms with E-state index in [4.69, 9.17) is 5.26 Å². The van der Waals surface area contributed by atoms with Gasteiger partial charge in [0.2, 0.25) is 0 Å². The summed E-state index contributed by atoms with van der Waals surface area (Å²) in [5.41, 5.74) is 1.36. The molecule has 0 bridgehead atoms. The fourth-order valence-electron chi connectivity index (χ4n) is 1.36. The smallest absolute Gasteiger partial charge is 0.255 e. The predicted octanol–water partition coefficient (Wildman–Crippen LogP) is 2.21. The van der Waals surface area contributed by atoms with Crippen LogP contribution in [-0.4, -0.2) is 10.9 Å². The number of nitrogens with zero attached hydrogens (tertiary/aromatic N) is 2. The molecule has 4 heteroatoms. The van der Waals surface area contributed by atoms with Gasteiger partial charge >= 0.3 is 0 Å². The molecule has 0 spiro atoms. The lowest BCUT2D eigenvalue weighted by Crippen LogP contribution is -2.12. The van der Waals surface area contributed by atoms with Gasteiger partial charge in [0, 0.05) is 17.4 Å². The van der Waals surface area contributed by atoms with Crippen LogP contribution in [0.1, 0.15) is 16.1 Å². The van der Waals surface area contributed by atoms with Crippen molar-refractivity contribution in [1.29, 1.82) is 5.26 Å². The average Bonchev–Trinajstić information content (AvgIpc) is 2.40. The van der Waals surface area contributed by atoms with Gasteiger partial charge in [-0.1, -0.05) is 18.2 Å². The van der Waals surface area contributed by atoms with E-state index in [9.17, 15) is 4.79 Å². The molecule has 0 atom stereocenters. The lowest BCUT2D eigenvalue weighted by Gasteiger charge is -2.04. The van der Waals surface area contributed by atoms with Crippen LogP contribution < -0.4 is 5.32 Å². The van der Waals surface area contributed by atoms with Crippen molar-refractivity contribution in [3.63, 3.8) is 0 Å². The van der Waals surface area contributed by atoms with Gasteiger partial charge in [0.15, 0.2) is 0 Å². The number of carbonyl (C=O) groups excluding carboxylic acids is 1. The van der Waals surface area contributed by atoms with Gasteiger partial charge < -0.3 is 5.32 Å². The molecule has 0 saturated carbocycles. The lowest BCUT2D eigenvalue weighted by atomic mass is 10.2. The normalized spacial score (nSPS) is 9.35. The molecule has 0 aliphatic rings. The van der Waals surface area contributed by atoms with Crippen LogP contribution in [-0.2, 0) is 0 Å². The number of hydrogen-bond acceptors (Lipinski definition) is 3. The molecule has 0 aliphatic carbocycles. The van der Waals surface area contributed by atoms with Crippen molar-refractivity contribution in [3.8, 4) is 6.07 Å². The molecule has 0 radical (unpaired) electrons. The molecule has 0 saturated heterocycles. The van der Waals surface area contributed by atoms with Crippen molar-refractivity contribution in [2.75, 3.05) is 5.32 Å². The summed E-state index contributed by atoms with van der Waals surface area (Å²) in [6, 6.07) is 14.1. The summed E-state index contributed by atoms with van der Waals surface area (Å²) in [5, 5.41) is 11.4. The number of hydrogen-bond donors (Lipinski definition) is 1. The maximum Gasteiger partial charge on any atom is 0.255 e. The van der Waals surface area contributed by atoms with Crippen molar-refractivity contribution in [3.05, 3.63) is 59.9 Å². The molecule has 17 heavy (non-hydrogen) atoms. The topological polar surface area (TPSA) is 65.8 Å². The number of rotatable bonds is 2. The number of para-hydroxylation sites is 1. The monoisotopic (exact) mass is 223 g/mol. The standard InChI is InChI=1S/C13H9N3O/c14-9-12-8-10(6-7-15-12)13(17)16-11-4-2-1-3-5-11/h1-8H,(H,16,17). The number of anilines is 1. The SMILES string of the molecule is N#Cc1cc(C(=O)Nc2ccccc2)ccn1. The van der Waals surface area contributed by atoms with E-state index in [-0.39, 0.29) is 11.6 Å². The first-order valence-electron chi connectivity index (χ1n) is 5.02. The Labute approximate surface area is 98.5 Å². The van der Waals surface area contributed by atoms with E-state index in [0.717, 1.165) is 0 Å². The van der Waals surface area contributed by atoms with Crippen molar-refractivity contribution in [1.82, 2.24) is 4.98 Å². The van der Waals surface area contributed by atoms with Crippen LogP contribution in [0.5, 0.6) is 0 Å². The summed E-state index contributed by atoms with van der Waals surface area (Å²) in [7, 11) is 0. The Morgan fingerprint density at radius 1 is 1.24 bits per heavy atom. The Kier molecular flexibility index (Phi) is 3.13. The van der Waals surface area contributed by atoms with E-state index in [2.05, 4.69) is 10.3 Å². The van der Waals surface area contributed by atoms with Gasteiger partial charge in [0.25, 0.3) is 5.91 Å². The number of nitriles is 1. The highest BCUT2D eigenvalue weighted by molar-refractivity contribution is 6.04. The van der Waals surface area contributed by atoms with Crippen LogP contribution in [0.15, 0.2) is 48.7 Å². The molecule has 2 rings (SSSR count). The fraction of sp³-hybridized carbons (Fsp3) is 0. The van der Waals surface area contributed by atoms with Crippen LogP contribution in [0.25, 0.3) is 0 Å². The lowest BCUT2D eigenvalue weighted by molar-refractivity contribution is 0.102. The highest BCUT2D eigenvalue weighted by Crippen LogP contribution is 2.08. The van der Waals surface area contributed by atoms with Crippen LogP contribution in [0.2, 0.25) is 0 Å². The Bertz CT molecular complexity index is 573. The fourth-order valence-corrected chi connectivity index (χ4v) is 1.36. The maximum absolute atomic E-state index is 11.8. The van der Waals surface area contributed by atoms with Gasteiger partial charge in [0.1, 0.15) is 11.8 Å². The molecule has 0 fully saturated rings. The quantitative estimate of drug-likeness (QED) is 0.848. The first-order valence-corrected chi connectivity index (χ1v) is 5.02. The van der Waals surface area contributed by atoms with E-state index >= 15 is 0 Å². The Balaban J connectivity index is 2.18. The minimum atomic E-state index is -0.255. The van der Waals surface area contributed by atoms with Crippen LogP contribution in [0.3, 0.4) is 0 Å². The molecular weight excluding hydrogens is 214 g/mol. The molecule has 1 heterocycles. The predicted molar refractivity (Wildman–Crippen MR) is 63.3 cm³/mol. The third-order valence-electron chi connectivity index (χ3n) is 2.17. The average molecular weight is 223 g/mol. The van der Waals surface area contributed by atoms with Gasteiger partial charge in [-0.3, -0.25) is 4.79 Å². The second-order valence-electron chi connectivity index (χ2n) is 3.36. The molecule has 0 unspecified atom stereocenters. The van der Waals surface area contributed by atoms with Crippen molar-refractivity contribution < 1.29 is 4.79 Å². The molecular formula is C13H9N3O. The number of carbonyl (C=O) groups is 1. The summed E-state index contributed by atoms with van der Waals surface area (Å²) >= 11 is 0. The summed E-state index contributed by atoms with van der Waals surface area (Å²) in [6.07, 6.45) is 1.44. The van der Waals surface area contributed by atoms with Crippen LogP contribution in [0, 0.1) is 11.3 Å². The molecule has 1 amide bonds. The van der Waals surface area contributed by atoms with E-state index in [1.807, 2.05) is 24.3 Å². The van der Waals surface area contributed by atoms with E-state index in [1.54, 1.807) is 18.2 Å². The zero-order valence-electron chi connectivity index (χ0n) is 8.92. The van der Waals surface area contributed by atoms with Gasteiger partial charge in [-0.05, 0) is 24.3 Å². The molecule has 2 aromatic rings. The second-order valence-corrected chi connectivity index (χ2v) is 3.36. The van der Waals surface area contributed by atoms with Gasteiger partial charge in [-0.25, -0.2) is 4.98 Å². The Morgan fingerprint density at radius 3 is 2.71 bits per heavy atom. The summed E-state index contributed by atoms with van der Waals surface area (Å²) in [5.74, 6) is -0.255.